The molecule has 0 radical (unpaired) electrons. The Balaban J connectivity index is 1.28. The molecule has 1 aliphatic carbocycles. The van der Waals surface area contributed by atoms with Crippen molar-refractivity contribution in [3.8, 4) is 5.75 Å². The number of rotatable bonds is 11. The third-order valence-electron chi connectivity index (χ3n) is 8.89. The molecule has 2 aliphatic heterocycles. The van der Waals surface area contributed by atoms with Crippen LogP contribution < -0.4 is 15.1 Å². The molecule has 10 heteroatoms. The maximum atomic E-state index is 11.3. The van der Waals surface area contributed by atoms with Gasteiger partial charge >= 0.3 is 0 Å². The Morgan fingerprint density at radius 1 is 1.11 bits per heavy atom. The highest BCUT2D eigenvalue weighted by atomic mass is 35.5. The van der Waals surface area contributed by atoms with Gasteiger partial charge in [-0.1, -0.05) is 43.7 Å². The Hall–Kier alpha value is -2.82. The smallest absolute Gasteiger partial charge is 0.229 e. The number of ether oxygens (including phenoxy) is 2. The lowest BCUT2D eigenvalue weighted by Gasteiger charge is -2.42. The zero-order chi connectivity index (χ0) is 32.4. The third kappa shape index (κ3) is 7.66. The summed E-state index contributed by atoms with van der Waals surface area (Å²) in [5.41, 5.74) is 5.17. The Labute approximate surface area is 282 Å². The molecule has 1 unspecified atom stereocenters. The molecule has 1 atom stereocenters. The fraction of sp³-hybridized carbons (Fsp3) is 0.500. The van der Waals surface area contributed by atoms with Crippen molar-refractivity contribution in [1.82, 2.24) is 14.9 Å². The first kappa shape index (κ1) is 33.1. The van der Waals surface area contributed by atoms with Gasteiger partial charge in [-0.05, 0) is 99.8 Å². The molecule has 3 aromatic rings. The zero-order valence-corrected chi connectivity index (χ0v) is 29.1. The second-order valence-electron chi connectivity index (χ2n) is 13.1. The van der Waals surface area contributed by atoms with Crippen LogP contribution in [-0.4, -0.2) is 63.3 Å². The minimum absolute atomic E-state index is 0.0238. The van der Waals surface area contributed by atoms with Crippen LogP contribution in [-0.2, 0) is 4.74 Å². The maximum Gasteiger partial charge on any atom is 0.229 e. The number of thioether (sulfide) groups is 1. The summed E-state index contributed by atoms with van der Waals surface area (Å²) in [6, 6.07) is 13.2. The van der Waals surface area contributed by atoms with E-state index in [0.717, 1.165) is 71.9 Å². The van der Waals surface area contributed by atoms with Gasteiger partial charge in [-0.2, -0.15) is 4.98 Å². The second kappa shape index (κ2) is 14.5. The van der Waals surface area contributed by atoms with Gasteiger partial charge < -0.3 is 14.8 Å². The summed E-state index contributed by atoms with van der Waals surface area (Å²) in [5.74, 6) is 2.04. The van der Waals surface area contributed by atoms with E-state index in [0.29, 0.717) is 29.0 Å². The van der Waals surface area contributed by atoms with E-state index in [1.165, 1.54) is 30.2 Å². The highest BCUT2D eigenvalue weighted by Crippen LogP contribution is 2.45. The molecule has 1 aromatic heterocycles. The van der Waals surface area contributed by atoms with Crippen molar-refractivity contribution in [2.24, 2.45) is 5.92 Å². The molecule has 0 bridgehead atoms. The number of aryl methyl sites for hydroxylation is 1. The van der Waals surface area contributed by atoms with Gasteiger partial charge in [0.05, 0.1) is 23.7 Å². The van der Waals surface area contributed by atoms with Crippen molar-refractivity contribution in [3.63, 3.8) is 0 Å². The van der Waals surface area contributed by atoms with E-state index in [4.69, 9.17) is 21.1 Å². The van der Waals surface area contributed by atoms with E-state index in [1.54, 1.807) is 11.8 Å². The first-order valence-electron chi connectivity index (χ1n) is 16.6. The number of benzene rings is 2. The Morgan fingerprint density at radius 2 is 1.87 bits per heavy atom. The van der Waals surface area contributed by atoms with Crippen LogP contribution in [0.3, 0.4) is 0 Å². The van der Waals surface area contributed by atoms with Crippen LogP contribution in [0, 0.1) is 12.8 Å². The Morgan fingerprint density at radius 3 is 2.59 bits per heavy atom. The van der Waals surface area contributed by atoms with E-state index in [-0.39, 0.29) is 16.9 Å². The van der Waals surface area contributed by atoms with Crippen molar-refractivity contribution in [2.75, 3.05) is 30.1 Å². The van der Waals surface area contributed by atoms with Crippen LogP contribution in [0.2, 0.25) is 5.02 Å². The standard InChI is InChI=1S/C36H46ClN5O3S/c1-22(2)45-33-20-28(26-12-15-41(27-13-16-44-17-14-27)32(19-26)25-10-11-25)24(5)18-30(33)39-36-38-21-29(37)35(40-36)42(43)31-8-6-7-9-34(31)46-23(3)4/h6-9,12,18,20-23,25,27,32,43H,10-11,13-17,19H2,1-5H3,(H,38,39,40). The third-order valence-corrected chi connectivity index (χ3v) is 10.2. The zero-order valence-electron chi connectivity index (χ0n) is 27.5. The van der Waals surface area contributed by atoms with E-state index in [2.05, 4.69) is 59.2 Å². The van der Waals surface area contributed by atoms with E-state index in [9.17, 15) is 5.21 Å². The van der Waals surface area contributed by atoms with Crippen LogP contribution in [0.25, 0.3) is 5.57 Å². The van der Waals surface area contributed by atoms with Gasteiger partial charge in [0.2, 0.25) is 5.95 Å². The number of anilines is 4. The van der Waals surface area contributed by atoms with Crippen LogP contribution in [0.5, 0.6) is 5.75 Å². The number of aromatic nitrogens is 2. The summed E-state index contributed by atoms with van der Waals surface area (Å²) in [5, 5.41) is 16.3. The van der Waals surface area contributed by atoms with Gasteiger partial charge in [0.25, 0.3) is 0 Å². The summed E-state index contributed by atoms with van der Waals surface area (Å²) < 4.78 is 12.0. The first-order chi connectivity index (χ1) is 22.2. The fourth-order valence-electron chi connectivity index (χ4n) is 6.62. The highest BCUT2D eigenvalue weighted by Gasteiger charge is 2.40. The molecule has 6 rings (SSSR count). The maximum absolute atomic E-state index is 11.3. The fourth-order valence-corrected chi connectivity index (χ4v) is 7.73. The largest absolute Gasteiger partial charge is 0.489 e. The van der Waals surface area contributed by atoms with Gasteiger partial charge in [-0.25, -0.2) is 10.0 Å². The normalized spacial score (nSPS) is 19.4. The van der Waals surface area contributed by atoms with Crippen molar-refractivity contribution < 1.29 is 14.7 Å². The number of hydrogen-bond donors (Lipinski definition) is 2. The lowest BCUT2D eigenvalue weighted by Crippen LogP contribution is -2.48. The molecule has 2 fully saturated rings. The molecular weight excluding hydrogens is 618 g/mol. The van der Waals surface area contributed by atoms with Crippen molar-refractivity contribution >= 4 is 52.1 Å². The predicted octanol–water partition coefficient (Wildman–Crippen LogP) is 9.04. The number of para-hydroxylation sites is 1. The minimum atomic E-state index is -0.0238. The topological polar surface area (TPSA) is 83.0 Å². The highest BCUT2D eigenvalue weighted by molar-refractivity contribution is 8.00. The SMILES string of the molecule is Cc1cc(Nc2ncc(Cl)c(N(O)c3ccccc3SC(C)C)n2)c(OC(C)C)cc1C1=CCN(C2CCOCC2)C(C2CC2)C1. The van der Waals surface area contributed by atoms with Crippen LogP contribution in [0.4, 0.5) is 23.1 Å². The second-order valence-corrected chi connectivity index (χ2v) is 15.2. The van der Waals surface area contributed by atoms with Gasteiger partial charge in [0.1, 0.15) is 10.8 Å². The van der Waals surface area contributed by atoms with Crippen molar-refractivity contribution in [1.29, 1.82) is 0 Å². The molecule has 0 spiro atoms. The monoisotopic (exact) mass is 663 g/mol. The summed E-state index contributed by atoms with van der Waals surface area (Å²) in [7, 11) is 0. The molecule has 3 aliphatic rings. The van der Waals surface area contributed by atoms with E-state index in [1.807, 2.05) is 38.1 Å². The van der Waals surface area contributed by atoms with Crippen LogP contribution in [0.15, 0.2) is 53.6 Å². The predicted molar refractivity (Wildman–Crippen MR) is 188 cm³/mol. The van der Waals surface area contributed by atoms with Crippen molar-refractivity contribution in [3.05, 3.63) is 64.8 Å². The number of hydrogen-bond acceptors (Lipinski definition) is 9. The summed E-state index contributed by atoms with van der Waals surface area (Å²) in [4.78, 5) is 12.8. The number of halogens is 1. The summed E-state index contributed by atoms with van der Waals surface area (Å²) >= 11 is 8.19. The van der Waals surface area contributed by atoms with Gasteiger partial charge in [-0.3, -0.25) is 10.1 Å². The van der Waals surface area contributed by atoms with Crippen LogP contribution in [0.1, 0.15) is 70.9 Å². The minimum Gasteiger partial charge on any atom is -0.489 e. The average molecular weight is 664 g/mol. The summed E-state index contributed by atoms with van der Waals surface area (Å²) in [6.07, 6.45) is 9.90. The van der Waals surface area contributed by atoms with Gasteiger partial charge in [-0.15, -0.1) is 11.8 Å². The van der Waals surface area contributed by atoms with E-state index >= 15 is 0 Å². The molecule has 1 saturated heterocycles. The van der Waals surface area contributed by atoms with Gasteiger partial charge in [0, 0.05) is 42.0 Å². The lowest BCUT2D eigenvalue weighted by molar-refractivity contribution is 0.0167. The molecule has 2 N–H and O–H groups in total. The molecule has 0 amide bonds. The quantitative estimate of drug-likeness (QED) is 0.154. The molecule has 1 saturated carbocycles. The van der Waals surface area contributed by atoms with E-state index < -0.39 is 0 Å². The number of nitrogens with one attached hydrogen (secondary N) is 1. The Bertz CT molecular complexity index is 1560. The molecular formula is C36H46ClN5O3S. The van der Waals surface area contributed by atoms with Crippen molar-refractivity contribution in [2.45, 2.75) is 95.1 Å². The van der Waals surface area contributed by atoms with Crippen LogP contribution >= 0.6 is 23.4 Å². The Kier molecular flexibility index (Phi) is 10.4. The van der Waals surface area contributed by atoms with Gasteiger partial charge in [0.15, 0.2) is 5.82 Å². The molecule has 2 aromatic carbocycles. The molecule has 46 heavy (non-hydrogen) atoms. The lowest BCUT2D eigenvalue weighted by atomic mass is 9.87. The molecule has 3 heterocycles. The summed E-state index contributed by atoms with van der Waals surface area (Å²) in [6.45, 7) is 13.2. The first-order valence-corrected chi connectivity index (χ1v) is 17.8. The molecule has 246 valence electrons. The number of nitrogens with zero attached hydrogens (tertiary/aromatic N) is 4. The average Bonchev–Trinajstić information content (AvgIpc) is 3.89. The molecule has 8 nitrogen and oxygen atoms in total.